The van der Waals surface area contributed by atoms with Gasteiger partial charge in [-0.2, -0.15) is 11.8 Å². The smallest absolute Gasteiger partial charge is 0.116 e. The summed E-state index contributed by atoms with van der Waals surface area (Å²) >= 11 is 3.69. The van der Waals surface area contributed by atoms with Crippen LogP contribution in [-0.2, 0) is 18.6 Å². The minimum absolute atomic E-state index is 0.322. The van der Waals surface area contributed by atoms with Crippen LogP contribution >= 0.6 is 23.5 Å². The Hall–Kier alpha value is -2.76. The van der Waals surface area contributed by atoms with E-state index >= 15 is 0 Å². The number of aryl methyl sites for hydroxylation is 2. The summed E-state index contributed by atoms with van der Waals surface area (Å²) in [5.74, 6) is 3.52. The molecule has 0 radical (unpaired) electrons. The van der Waals surface area contributed by atoms with Crippen molar-refractivity contribution in [1.82, 2.24) is 9.97 Å². The van der Waals surface area contributed by atoms with Gasteiger partial charge in [-0.15, -0.1) is 11.8 Å². The number of phenols is 1. The second-order valence-electron chi connectivity index (χ2n) is 7.03. The highest BCUT2D eigenvalue weighted by molar-refractivity contribution is 7.99. The maximum absolute atomic E-state index is 9.30. The van der Waals surface area contributed by atoms with Crippen molar-refractivity contribution in [2.24, 2.45) is 0 Å². The first-order chi connectivity index (χ1) is 15.8. The Kier molecular flexibility index (Phi) is 10.7. The van der Waals surface area contributed by atoms with Crippen LogP contribution in [0.25, 0.3) is 0 Å². The second kappa shape index (κ2) is 14.3. The molecule has 0 aliphatic rings. The molecule has 0 atom stereocenters. The standard InChI is InChI=1S/C14H15NS.C13H13NOS/c1-2-6-13(7-3-1)12-16-11-9-14-8-4-5-10-15-14;15-12-5-3-6-13(10-12)16-9-7-11-4-1-2-8-14-11/h1-8,10H,9,11-12H2;1-6,8,10,15H,7,9H2. The molecule has 0 unspecified atom stereocenters. The van der Waals surface area contributed by atoms with Crippen molar-refractivity contribution in [3.05, 3.63) is 120 Å². The molecule has 0 spiro atoms. The number of hydrogen-bond acceptors (Lipinski definition) is 5. The quantitative estimate of drug-likeness (QED) is 0.223. The van der Waals surface area contributed by atoms with Crippen LogP contribution in [-0.4, -0.2) is 26.6 Å². The van der Waals surface area contributed by atoms with Crippen molar-refractivity contribution < 1.29 is 5.11 Å². The van der Waals surface area contributed by atoms with Crippen LogP contribution in [0.5, 0.6) is 5.75 Å². The normalized spacial score (nSPS) is 10.2. The lowest BCUT2D eigenvalue weighted by Gasteiger charge is -2.01. The van der Waals surface area contributed by atoms with E-state index in [0.717, 1.165) is 40.7 Å². The topological polar surface area (TPSA) is 46.0 Å². The van der Waals surface area contributed by atoms with Crippen molar-refractivity contribution in [2.75, 3.05) is 11.5 Å². The molecular weight excluding hydrogens is 432 g/mol. The minimum atomic E-state index is 0.322. The van der Waals surface area contributed by atoms with Gasteiger partial charge in [0.15, 0.2) is 0 Å². The summed E-state index contributed by atoms with van der Waals surface area (Å²) in [6.45, 7) is 0. The fraction of sp³-hybridized carbons (Fsp3) is 0.185. The lowest BCUT2D eigenvalue weighted by molar-refractivity contribution is 0.474. The molecule has 2 heterocycles. The lowest BCUT2D eigenvalue weighted by Crippen LogP contribution is -1.92. The maximum atomic E-state index is 9.30. The number of aromatic hydroxyl groups is 1. The van der Waals surface area contributed by atoms with Gasteiger partial charge in [-0.25, -0.2) is 0 Å². The summed E-state index contributed by atoms with van der Waals surface area (Å²) in [6, 6.07) is 30.0. The highest BCUT2D eigenvalue weighted by Crippen LogP contribution is 2.22. The van der Waals surface area contributed by atoms with Crippen molar-refractivity contribution in [2.45, 2.75) is 23.5 Å². The third kappa shape index (κ3) is 9.58. The van der Waals surface area contributed by atoms with Gasteiger partial charge in [0.1, 0.15) is 5.75 Å². The van der Waals surface area contributed by atoms with E-state index in [1.807, 2.05) is 66.6 Å². The first-order valence-corrected chi connectivity index (χ1v) is 12.8. The van der Waals surface area contributed by atoms with Gasteiger partial charge >= 0.3 is 0 Å². The highest BCUT2D eigenvalue weighted by atomic mass is 32.2. The molecule has 0 saturated carbocycles. The summed E-state index contributed by atoms with van der Waals surface area (Å²) in [6.07, 6.45) is 5.67. The van der Waals surface area contributed by atoms with Gasteiger partial charge in [0.2, 0.25) is 0 Å². The number of benzene rings is 2. The van der Waals surface area contributed by atoms with E-state index < -0.39 is 0 Å². The van der Waals surface area contributed by atoms with Gasteiger partial charge in [-0.1, -0.05) is 48.5 Å². The molecule has 4 aromatic rings. The summed E-state index contributed by atoms with van der Waals surface area (Å²) in [5.41, 5.74) is 3.69. The molecule has 4 rings (SSSR count). The number of hydrogen-bond donors (Lipinski definition) is 1. The van der Waals surface area contributed by atoms with E-state index in [9.17, 15) is 5.11 Å². The zero-order valence-electron chi connectivity index (χ0n) is 18.0. The van der Waals surface area contributed by atoms with Crippen LogP contribution in [0.3, 0.4) is 0 Å². The average molecular weight is 461 g/mol. The SMILES string of the molecule is Oc1cccc(SCCc2ccccn2)c1.c1ccc(CSCCc2ccccn2)cc1. The predicted octanol–water partition coefficient (Wildman–Crippen LogP) is 6.68. The first kappa shape index (κ1) is 23.9. The molecule has 3 nitrogen and oxygen atoms in total. The minimum Gasteiger partial charge on any atom is -0.508 e. The van der Waals surface area contributed by atoms with Crippen LogP contribution in [0.1, 0.15) is 17.0 Å². The number of phenolic OH excluding ortho intramolecular Hbond substituents is 1. The molecule has 0 fully saturated rings. The maximum Gasteiger partial charge on any atom is 0.116 e. The van der Waals surface area contributed by atoms with Crippen molar-refractivity contribution in [3.63, 3.8) is 0 Å². The number of thioether (sulfide) groups is 2. The fourth-order valence-corrected chi connectivity index (χ4v) is 4.73. The third-order valence-electron chi connectivity index (χ3n) is 4.51. The Morgan fingerprint density at radius 2 is 1.31 bits per heavy atom. The van der Waals surface area contributed by atoms with E-state index in [-0.39, 0.29) is 0 Å². The Morgan fingerprint density at radius 1 is 0.656 bits per heavy atom. The molecule has 1 N–H and O–H groups in total. The van der Waals surface area contributed by atoms with Gasteiger partial charge in [0.25, 0.3) is 0 Å². The molecule has 0 saturated heterocycles. The van der Waals surface area contributed by atoms with Crippen molar-refractivity contribution in [1.29, 1.82) is 0 Å². The molecule has 2 aromatic carbocycles. The predicted molar refractivity (Wildman–Crippen MR) is 137 cm³/mol. The third-order valence-corrected chi connectivity index (χ3v) is 6.54. The number of pyridine rings is 2. The number of nitrogens with zero attached hydrogens (tertiary/aromatic N) is 2. The molecule has 32 heavy (non-hydrogen) atoms. The Labute approximate surface area is 199 Å². The van der Waals surface area contributed by atoms with E-state index in [1.165, 1.54) is 11.3 Å². The molecular formula is C27H28N2OS2. The number of rotatable bonds is 9. The highest BCUT2D eigenvalue weighted by Gasteiger charge is 1.98. The van der Waals surface area contributed by atoms with Crippen LogP contribution in [0.2, 0.25) is 0 Å². The van der Waals surface area contributed by atoms with Crippen LogP contribution < -0.4 is 0 Å². The van der Waals surface area contributed by atoms with Crippen LogP contribution in [0.15, 0.2) is 108 Å². The van der Waals surface area contributed by atoms with Crippen molar-refractivity contribution in [3.8, 4) is 5.75 Å². The van der Waals surface area contributed by atoms with Crippen LogP contribution in [0, 0.1) is 0 Å². The largest absolute Gasteiger partial charge is 0.508 e. The van der Waals surface area contributed by atoms with Gasteiger partial charge in [-0.05, 0) is 66.6 Å². The molecule has 0 amide bonds. The van der Waals surface area contributed by atoms with Crippen molar-refractivity contribution >= 4 is 23.5 Å². The molecule has 5 heteroatoms. The molecule has 0 aliphatic carbocycles. The second-order valence-corrected chi connectivity index (χ2v) is 9.30. The first-order valence-electron chi connectivity index (χ1n) is 10.6. The molecule has 164 valence electrons. The van der Waals surface area contributed by atoms with Gasteiger partial charge in [0.05, 0.1) is 0 Å². The lowest BCUT2D eigenvalue weighted by atomic mass is 10.2. The zero-order valence-corrected chi connectivity index (χ0v) is 19.6. The van der Waals surface area contributed by atoms with E-state index in [0.29, 0.717) is 5.75 Å². The number of aromatic nitrogens is 2. The Balaban J connectivity index is 0.000000181. The Bertz CT molecular complexity index is 974. The molecule has 0 aliphatic heterocycles. The van der Waals surface area contributed by atoms with Crippen LogP contribution in [0.4, 0.5) is 0 Å². The monoisotopic (exact) mass is 460 g/mol. The molecule has 2 aromatic heterocycles. The van der Waals surface area contributed by atoms with Gasteiger partial charge in [0, 0.05) is 40.2 Å². The molecule has 0 bridgehead atoms. The van der Waals surface area contributed by atoms with E-state index in [1.54, 1.807) is 23.9 Å². The summed E-state index contributed by atoms with van der Waals surface area (Å²) in [5, 5.41) is 9.30. The summed E-state index contributed by atoms with van der Waals surface area (Å²) < 4.78 is 0. The summed E-state index contributed by atoms with van der Waals surface area (Å²) in [7, 11) is 0. The summed E-state index contributed by atoms with van der Waals surface area (Å²) in [4.78, 5) is 9.67. The van der Waals surface area contributed by atoms with Gasteiger partial charge < -0.3 is 5.11 Å². The van der Waals surface area contributed by atoms with E-state index in [2.05, 4.69) is 46.4 Å². The van der Waals surface area contributed by atoms with E-state index in [4.69, 9.17) is 0 Å². The zero-order chi connectivity index (χ0) is 22.3. The average Bonchev–Trinajstić information content (AvgIpc) is 2.84. The Morgan fingerprint density at radius 3 is 1.94 bits per heavy atom. The van der Waals surface area contributed by atoms with Gasteiger partial charge in [-0.3, -0.25) is 9.97 Å². The fourth-order valence-electron chi connectivity index (χ4n) is 2.88.